The molecule has 0 fully saturated rings. The highest BCUT2D eigenvalue weighted by atomic mass is 16.5. The molecule has 2 atom stereocenters. The lowest BCUT2D eigenvalue weighted by Gasteiger charge is -2.21. The molecule has 34 heavy (non-hydrogen) atoms. The second-order valence-corrected chi connectivity index (χ2v) is 7.95. The van der Waals surface area contributed by atoms with Gasteiger partial charge in [-0.2, -0.15) is 0 Å². The van der Waals surface area contributed by atoms with Crippen LogP contribution in [0.5, 0.6) is 0 Å². The maximum atomic E-state index is 12.9. The summed E-state index contributed by atoms with van der Waals surface area (Å²) >= 11 is 0. The molecule has 2 N–H and O–H groups in total. The van der Waals surface area contributed by atoms with E-state index in [1.54, 1.807) is 31.2 Å². The first-order chi connectivity index (χ1) is 16.6. The van der Waals surface area contributed by atoms with Gasteiger partial charge in [-0.1, -0.05) is 78.9 Å². The highest BCUT2D eigenvalue weighted by molar-refractivity contribution is 5.94. The van der Waals surface area contributed by atoms with Crippen LogP contribution in [0.3, 0.4) is 0 Å². The van der Waals surface area contributed by atoms with Crippen molar-refractivity contribution in [1.29, 1.82) is 0 Å². The standard InChI is InChI=1S/C28H30N2O4/c1-2-34-28(33)24(18-21-12-6-3-7-13-21)20-29-26(31)19-25(22-14-8-4-9-15-22)30-27(32)23-16-10-5-11-17-23/h3-17,24-25H,2,18-20H2,1H3,(H,29,31)(H,30,32). The van der Waals surface area contributed by atoms with E-state index in [0.717, 1.165) is 11.1 Å². The van der Waals surface area contributed by atoms with Crippen LogP contribution >= 0.6 is 0 Å². The van der Waals surface area contributed by atoms with Crippen molar-refractivity contribution >= 4 is 17.8 Å². The van der Waals surface area contributed by atoms with Gasteiger partial charge in [0.15, 0.2) is 0 Å². The van der Waals surface area contributed by atoms with Gasteiger partial charge < -0.3 is 15.4 Å². The Morgan fingerprint density at radius 3 is 2.03 bits per heavy atom. The molecule has 0 aliphatic rings. The third-order valence-corrected chi connectivity index (χ3v) is 5.42. The van der Waals surface area contributed by atoms with Crippen molar-refractivity contribution in [2.24, 2.45) is 5.92 Å². The molecule has 2 amide bonds. The number of carbonyl (C=O) groups excluding carboxylic acids is 3. The fraction of sp³-hybridized carbons (Fsp3) is 0.250. The van der Waals surface area contributed by atoms with E-state index >= 15 is 0 Å². The summed E-state index contributed by atoms with van der Waals surface area (Å²) in [6.45, 7) is 2.19. The van der Waals surface area contributed by atoms with E-state index in [2.05, 4.69) is 10.6 Å². The Hall–Kier alpha value is -3.93. The molecular formula is C28H30N2O4. The first-order valence-electron chi connectivity index (χ1n) is 11.4. The smallest absolute Gasteiger partial charge is 0.311 e. The molecule has 0 spiro atoms. The number of carbonyl (C=O) groups is 3. The summed E-state index contributed by atoms with van der Waals surface area (Å²) in [6, 6.07) is 27.4. The summed E-state index contributed by atoms with van der Waals surface area (Å²) < 4.78 is 5.21. The molecule has 6 heteroatoms. The quantitative estimate of drug-likeness (QED) is 0.424. The molecule has 0 radical (unpaired) electrons. The van der Waals surface area contributed by atoms with Gasteiger partial charge in [-0.05, 0) is 36.6 Å². The highest BCUT2D eigenvalue weighted by Crippen LogP contribution is 2.18. The summed E-state index contributed by atoms with van der Waals surface area (Å²) in [4.78, 5) is 38.1. The van der Waals surface area contributed by atoms with Gasteiger partial charge in [0.05, 0.1) is 25.0 Å². The Balaban J connectivity index is 1.66. The fourth-order valence-electron chi connectivity index (χ4n) is 3.66. The van der Waals surface area contributed by atoms with Crippen molar-refractivity contribution in [1.82, 2.24) is 10.6 Å². The zero-order valence-electron chi connectivity index (χ0n) is 19.3. The largest absolute Gasteiger partial charge is 0.466 e. The minimum Gasteiger partial charge on any atom is -0.466 e. The number of hydrogen-bond acceptors (Lipinski definition) is 4. The predicted octanol–water partition coefficient (Wildman–Crippen LogP) is 4.09. The Bertz CT molecular complexity index is 1060. The lowest BCUT2D eigenvalue weighted by molar-refractivity contribution is -0.147. The van der Waals surface area contributed by atoms with Gasteiger partial charge in [0, 0.05) is 12.1 Å². The van der Waals surface area contributed by atoms with Crippen molar-refractivity contribution in [3.8, 4) is 0 Å². The van der Waals surface area contributed by atoms with Crippen LogP contribution < -0.4 is 10.6 Å². The molecule has 6 nitrogen and oxygen atoms in total. The molecule has 0 aliphatic carbocycles. The van der Waals surface area contributed by atoms with E-state index < -0.39 is 12.0 Å². The molecule has 3 aromatic carbocycles. The lowest BCUT2D eigenvalue weighted by Crippen LogP contribution is -2.38. The number of benzene rings is 3. The van der Waals surface area contributed by atoms with E-state index in [0.29, 0.717) is 12.0 Å². The van der Waals surface area contributed by atoms with Crippen molar-refractivity contribution in [2.75, 3.05) is 13.2 Å². The van der Waals surface area contributed by atoms with Gasteiger partial charge in [-0.25, -0.2) is 0 Å². The van der Waals surface area contributed by atoms with E-state index in [1.807, 2.05) is 66.7 Å². The maximum Gasteiger partial charge on any atom is 0.311 e. The van der Waals surface area contributed by atoms with Crippen LogP contribution in [0.15, 0.2) is 91.0 Å². The van der Waals surface area contributed by atoms with Crippen LogP contribution in [-0.4, -0.2) is 30.9 Å². The van der Waals surface area contributed by atoms with Gasteiger partial charge in [-0.15, -0.1) is 0 Å². The summed E-state index contributed by atoms with van der Waals surface area (Å²) in [6.07, 6.45) is 0.510. The zero-order chi connectivity index (χ0) is 24.2. The molecule has 0 aromatic heterocycles. The van der Waals surface area contributed by atoms with Crippen LogP contribution in [0.2, 0.25) is 0 Å². The van der Waals surface area contributed by atoms with Crippen LogP contribution in [0, 0.1) is 5.92 Å². The average molecular weight is 459 g/mol. The molecule has 176 valence electrons. The number of esters is 1. The summed E-state index contributed by atoms with van der Waals surface area (Å²) in [5.74, 6) is -1.36. The Morgan fingerprint density at radius 2 is 1.41 bits per heavy atom. The van der Waals surface area contributed by atoms with Crippen molar-refractivity contribution in [2.45, 2.75) is 25.8 Å². The van der Waals surface area contributed by atoms with Gasteiger partial charge in [0.1, 0.15) is 0 Å². The highest BCUT2D eigenvalue weighted by Gasteiger charge is 2.23. The molecule has 0 aliphatic heterocycles. The van der Waals surface area contributed by atoms with Crippen molar-refractivity contribution in [3.05, 3.63) is 108 Å². The van der Waals surface area contributed by atoms with E-state index in [1.165, 1.54) is 0 Å². The Labute approximate surface area is 200 Å². The molecule has 3 rings (SSSR count). The predicted molar refractivity (Wildman–Crippen MR) is 131 cm³/mol. The molecular weight excluding hydrogens is 428 g/mol. The minimum absolute atomic E-state index is 0.0451. The lowest BCUT2D eigenvalue weighted by atomic mass is 9.98. The molecule has 0 saturated heterocycles. The van der Waals surface area contributed by atoms with E-state index in [-0.39, 0.29) is 37.4 Å². The monoisotopic (exact) mass is 458 g/mol. The Morgan fingerprint density at radius 1 is 0.824 bits per heavy atom. The van der Waals surface area contributed by atoms with Gasteiger partial charge in [0.25, 0.3) is 5.91 Å². The normalized spacial score (nSPS) is 12.3. The number of nitrogens with one attached hydrogen (secondary N) is 2. The maximum absolute atomic E-state index is 12.9. The fourth-order valence-corrected chi connectivity index (χ4v) is 3.66. The molecule has 3 aromatic rings. The number of ether oxygens (including phenoxy) is 1. The molecule has 0 saturated carbocycles. The third-order valence-electron chi connectivity index (χ3n) is 5.42. The van der Waals surface area contributed by atoms with Gasteiger partial charge >= 0.3 is 5.97 Å². The topological polar surface area (TPSA) is 84.5 Å². The van der Waals surface area contributed by atoms with Crippen molar-refractivity contribution in [3.63, 3.8) is 0 Å². The van der Waals surface area contributed by atoms with Crippen LogP contribution in [-0.2, 0) is 20.7 Å². The van der Waals surface area contributed by atoms with E-state index in [4.69, 9.17) is 4.74 Å². The minimum atomic E-state index is -0.510. The first kappa shape index (κ1) is 24.7. The molecule has 0 bridgehead atoms. The molecule has 0 heterocycles. The zero-order valence-corrected chi connectivity index (χ0v) is 19.3. The summed E-state index contributed by atoms with van der Waals surface area (Å²) in [5.41, 5.74) is 2.34. The average Bonchev–Trinajstić information content (AvgIpc) is 2.88. The molecule has 2 unspecified atom stereocenters. The van der Waals surface area contributed by atoms with Gasteiger partial charge in [0.2, 0.25) is 5.91 Å². The summed E-state index contributed by atoms with van der Waals surface area (Å²) in [7, 11) is 0. The van der Waals surface area contributed by atoms with Crippen LogP contribution in [0.4, 0.5) is 0 Å². The number of rotatable bonds is 11. The van der Waals surface area contributed by atoms with E-state index in [9.17, 15) is 14.4 Å². The summed E-state index contributed by atoms with van der Waals surface area (Å²) in [5, 5.41) is 5.82. The third kappa shape index (κ3) is 7.59. The SMILES string of the molecule is CCOC(=O)C(CNC(=O)CC(NC(=O)c1ccccc1)c1ccccc1)Cc1ccccc1. The first-order valence-corrected chi connectivity index (χ1v) is 11.4. The second-order valence-electron chi connectivity index (χ2n) is 7.95. The van der Waals surface area contributed by atoms with Crippen LogP contribution in [0.25, 0.3) is 0 Å². The van der Waals surface area contributed by atoms with Crippen LogP contribution in [0.1, 0.15) is 40.9 Å². The van der Waals surface area contributed by atoms with Gasteiger partial charge in [-0.3, -0.25) is 14.4 Å². The number of amides is 2. The Kier molecular flexibility index (Phi) is 9.40. The van der Waals surface area contributed by atoms with Crippen molar-refractivity contribution < 1.29 is 19.1 Å². The second kappa shape index (κ2) is 12.9. The number of hydrogen-bond donors (Lipinski definition) is 2.